The number of likely N-dealkylation sites (tertiary alicyclic amines) is 1. The molecule has 1 aromatic rings. The van der Waals surface area contributed by atoms with Gasteiger partial charge in [-0.1, -0.05) is 23.7 Å². The second-order valence-corrected chi connectivity index (χ2v) is 5.38. The maximum absolute atomic E-state index is 10.6. The van der Waals surface area contributed by atoms with Crippen molar-refractivity contribution >= 4 is 23.2 Å². The quantitative estimate of drug-likeness (QED) is 0.857. The van der Waals surface area contributed by atoms with E-state index in [9.17, 15) is 5.11 Å². The third-order valence-electron chi connectivity index (χ3n) is 3.47. The van der Waals surface area contributed by atoms with Crippen LogP contribution in [0.5, 0.6) is 0 Å². The average Bonchev–Trinajstić information content (AvgIpc) is 2.33. The van der Waals surface area contributed by atoms with Crippen LogP contribution in [0.25, 0.3) is 0 Å². The molecule has 94 valence electrons. The molecule has 1 fully saturated rings. The van der Waals surface area contributed by atoms with E-state index < -0.39 is 5.60 Å². The number of benzene rings is 1. The molecule has 2 nitrogen and oxygen atoms in total. The highest BCUT2D eigenvalue weighted by Crippen LogP contribution is 2.33. The second-order valence-electron chi connectivity index (χ2n) is 4.57. The van der Waals surface area contributed by atoms with Gasteiger partial charge < -0.3 is 10.0 Å². The first kappa shape index (κ1) is 13.2. The highest BCUT2D eigenvalue weighted by Gasteiger charge is 2.33. The first-order valence-electron chi connectivity index (χ1n) is 5.91. The summed E-state index contributed by atoms with van der Waals surface area (Å²) in [5, 5.41) is 11.3. The zero-order valence-corrected chi connectivity index (χ0v) is 11.2. The summed E-state index contributed by atoms with van der Waals surface area (Å²) in [6, 6.07) is 7.50. The van der Waals surface area contributed by atoms with Crippen molar-refractivity contribution in [2.45, 2.75) is 18.4 Å². The van der Waals surface area contributed by atoms with Crippen molar-refractivity contribution in [3.63, 3.8) is 0 Å². The van der Waals surface area contributed by atoms with E-state index in [0.717, 1.165) is 38.0 Å². The zero-order chi connectivity index (χ0) is 12.3. The lowest BCUT2D eigenvalue weighted by molar-refractivity contribution is -0.0245. The molecule has 1 aromatic carbocycles. The minimum atomic E-state index is -0.701. The molecule has 4 heteroatoms. The van der Waals surface area contributed by atoms with Crippen molar-refractivity contribution < 1.29 is 5.11 Å². The number of rotatable bonds is 3. The maximum Gasteiger partial charge on any atom is 0.0920 e. The van der Waals surface area contributed by atoms with E-state index in [2.05, 4.69) is 4.90 Å². The van der Waals surface area contributed by atoms with Crippen molar-refractivity contribution in [1.29, 1.82) is 0 Å². The van der Waals surface area contributed by atoms with Crippen molar-refractivity contribution in [2.75, 3.05) is 25.5 Å². The van der Waals surface area contributed by atoms with Gasteiger partial charge in [0.25, 0.3) is 0 Å². The molecule has 1 saturated heterocycles. The lowest BCUT2D eigenvalue weighted by Crippen LogP contribution is -2.43. The van der Waals surface area contributed by atoms with Crippen LogP contribution in [0.2, 0.25) is 5.02 Å². The summed E-state index contributed by atoms with van der Waals surface area (Å²) in [5.41, 5.74) is 0.264. The van der Waals surface area contributed by atoms with Crippen LogP contribution in [-0.4, -0.2) is 35.5 Å². The molecule has 0 aromatic heterocycles. The Morgan fingerprint density at radius 2 is 1.76 bits per heavy atom. The summed E-state index contributed by atoms with van der Waals surface area (Å²) in [7, 11) is 0. The Kier molecular flexibility index (Phi) is 4.31. The normalized spacial score (nSPS) is 20.4. The highest BCUT2D eigenvalue weighted by molar-refractivity contribution is 6.30. The number of halogens is 2. The van der Waals surface area contributed by atoms with Crippen molar-refractivity contribution in [2.24, 2.45) is 0 Å². The largest absolute Gasteiger partial charge is 0.385 e. The van der Waals surface area contributed by atoms with Crippen LogP contribution >= 0.6 is 23.2 Å². The maximum atomic E-state index is 10.6. The molecule has 17 heavy (non-hydrogen) atoms. The fourth-order valence-corrected chi connectivity index (χ4v) is 2.68. The van der Waals surface area contributed by atoms with Gasteiger partial charge in [-0.25, -0.2) is 0 Å². The first-order valence-corrected chi connectivity index (χ1v) is 6.82. The van der Waals surface area contributed by atoms with Gasteiger partial charge in [-0.2, -0.15) is 0 Å². The summed E-state index contributed by atoms with van der Waals surface area (Å²) in [4.78, 5) is 2.29. The van der Waals surface area contributed by atoms with Gasteiger partial charge in [-0.05, 0) is 30.5 Å². The lowest BCUT2D eigenvalue weighted by Gasteiger charge is -2.38. The van der Waals surface area contributed by atoms with Crippen LogP contribution in [0, 0.1) is 0 Å². The molecule has 0 amide bonds. The smallest absolute Gasteiger partial charge is 0.0920 e. The van der Waals surface area contributed by atoms with E-state index in [1.165, 1.54) is 0 Å². The van der Waals surface area contributed by atoms with Crippen LogP contribution < -0.4 is 0 Å². The van der Waals surface area contributed by atoms with Crippen LogP contribution in [0.1, 0.15) is 18.4 Å². The molecule has 0 bridgehead atoms. The zero-order valence-electron chi connectivity index (χ0n) is 9.70. The van der Waals surface area contributed by atoms with Gasteiger partial charge in [-0.3, -0.25) is 0 Å². The molecule has 0 unspecified atom stereocenters. The van der Waals surface area contributed by atoms with Gasteiger partial charge in [0.15, 0.2) is 0 Å². The standard InChI is InChI=1S/C13H17Cl2NO/c14-7-10-16-8-5-13(17,6-9-16)11-1-3-12(15)4-2-11/h1-4,17H,5-10H2. The molecule has 0 saturated carbocycles. The number of hydrogen-bond acceptors (Lipinski definition) is 2. The topological polar surface area (TPSA) is 23.5 Å². The Bertz CT molecular complexity index is 358. The Hall–Kier alpha value is -0.280. The lowest BCUT2D eigenvalue weighted by atomic mass is 9.84. The fraction of sp³-hybridized carbons (Fsp3) is 0.538. The summed E-state index contributed by atoms with van der Waals surface area (Å²) < 4.78 is 0. The molecule has 1 aliphatic heterocycles. The SMILES string of the molecule is OC1(c2ccc(Cl)cc2)CCN(CCCl)CC1. The van der Waals surface area contributed by atoms with E-state index in [4.69, 9.17) is 23.2 Å². The summed E-state index contributed by atoms with van der Waals surface area (Å²) in [6.07, 6.45) is 1.51. The predicted octanol–water partition coefficient (Wildman–Crippen LogP) is 2.86. The average molecular weight is 274 g/mol. The highest BCUT2D eigenvalue weighted by atomic mass is 35.5. The number of nitrogens with zero attached hydrogens (tertiary/aromatic N) is 1. The van der Waals surface area contributed by atoms with Gasteiger partial charge in [0.1, 0.15) is 0 Å². The summed E-state index contributed by atoms with van der Waals surface area (Å²) in [6.45, 7) is 2.69. The molecule has 0 aliphatic carbocycles. The van der Waals surface area contributed by atoms with E-state index in [0.29, 0.717) is 10.9 Å². The van der Waals surface area contributed by atoms with E-state index in [1.807, 2.05) is 24.3 Å². The van der Waals surface area contributed by atoms with Gasteiger partial charge in [0, 0.05) is 30.5 Å². The van der Waals surface area contributed by atoms with Crippen LogP contribution in [-0.2, 0) is 5.60 Å². The van der Waals surface area contributed by atoms with Crippen molar-refractivity contribution in [3.8, 4) is 0 Å². The minimum Gasteiger partial charge on any atom is -0.385 e. The Morgan fingerprint density at radius 1 is 1.18 bits per heavy atom. The Morgan fingerprint density at radius 3 is 2.29 bits per heavy atom. The van der Waals surface area contributed by atoms with E-state index >= 15 is 0 Å². The van der Waals surface area contributed by atoms with Gasteiger partial charge >= 0.3 is 0 Å². The summed E-state index contributed by atoms with van der Waals surface area (Å²) in [5.74, 6) is 0.652. The molecule has 1 heterocycles. The minimum absolute atomic E-state index is 0.652. The second kappa shape index (κ2) is 5.57. The number of hydrogen-bond donors (Lipinski definition) is 1. The van der Waals surface area contributed by atoms with Crippen LogP contribution in [0.15, 0.2) is 24.3 Å². The van der Waals surface area contributed by atoms with Crippen LogP contribution in [0.3, 0.4) is 0 Å². The number of piperidine rings is 1. The van der Waals surface area contributed by atoms with E-state index in [-0.39, 0.29) is 0 Å². The predicted molar refractivity (Wildman–Crippen MR) is 71.7 cm³/mol. The molecule has 0 radical (unpaired) electrons. The van der Waals surface area contributed by atoms with Crippen molar-refractivity contribution in [3.05, 3.63) is 34.9 Å². The fourth-order valence-electron chi connectivity index (χ4n) is 2.31. The first-order chi connectivity index (χ1) is 8.14. The monoisotopic (exact) mass is 273 g/mol. The number of aliphatic hydroxyl groups is 1. The molecular formula is C13H17Cl2NO. The van der Waals surface area contributed by atoms with Crippen LogP contribution in [0.4, 0.5) is 0 Å². The van der Waals surface area contributed by atoms with Gasteiger partial charge in [0.05, 0.1) is 5.60 Å². The Balaban J connectivity index is 2.04. The molecule has 0 atom stereocenters. The Labute approximate surface area is 112 Å². The molecule has 1 N–H and O–H groups in total. The third kappa shape index (κ3) is 3.14. The number of alkyl halides is 1. The van der Waals surface area contributed by atoms with Gasteiger partial charge in [-0.15, -0.1) is 11.6 Å². The molecule has 2 rings (SSSR count). The van der Waals surface area contributed by atoms with Crippen molar-refractivity contribution in [1.82, 2.24) is 4.90 Å². The third-order valence-corrected chi connectivity index (χ3v) is 3.89. The van der Waals surface area contributed by atoms with E-state index in [1.54, 1.807) is 0 Å². The van der Waals surface area contributed by atoms with Gasteiger partial charge in [0.2, 0.25) is 0 Å². The molecule has 0 spiro atoms. The molecular weight excluding hydrogens is 257 g/mol. The molecule has 1 aliphatic rings. The summed E-state index contributed by atoms with van der Waals surface area (Å²) >= 11 is 11.6.